The Balaban J connectivity index is 2.26. The van der Waals surface area contributed by atoms with Crippen molar-refractivity contribution < 1.29 is 14.4 Å². The molecule has 15 heavy (non-hydrogen) atoms. The van der Waals surface area contributed by atoms with Crippen molar-refractivity contribution in [2.75, 3.05) is 6.16 Å². The molecule has 84 valence electrons. The summed E-state index contributed by atoms with van der Waals surface area (Å²) in [5, 5.41) is 0. The molecule has 0 saturated heterocycles. The van der Waals surface area contributed by atoms with Crippen LogP contribution in [0.1, 0.15) is 18.4 Å². The maximum atomic E-state index is 10.6. The van der Waals surface area contributed by atoms with Gasteiger partial charge < -0.3 is 9.79 Å². The Morgan fingerprint density at radius 3 is 2.27 bits per heavy atom. The first-order chi connectivity index (χ1) is 6.97. The SMILES string of the molecule is O=P(O)(O)CCCCc1ccc(Br)cc1. The number of unbranched alkanes of at least 4 members (excludes halogenated alkanes) is 1. The Bertz CT molecular complexity index is 344. The van der Waals surface area contributed by atoms with Gasteiger partial charge in [-0.1, -0.05) is 28.1 Å². The largest absolute Gasteiger partial charge is 0.325 e. The van der Waals surface area contributed by atoms with Crippen molar-refractivity contribution in [1.82, 2.24) is 0 Å². The van der Waals surface area contributed by atoms with Crippen molar-refractivity contribution in [2.24, 2.45) is 0 Å². The molecule has 0 aliphatic heterocycles. The minimum Gasteiger partial charge on any atom is -0.324 e. The third-order valence-corrected chi connectivity index (χ3v) is 3.51. The summed E-state index contributed by atoms with van der Waals surface area (Å²) in [5.74, 6) is 0. The molecule has 1 aromatic carbocycles. The van der Waals surface area contributed by atoms with Gasteiger partial charge in [0.1, 0.15) is 0 Å². The van der Waals surface area contributed by atoms with Crippen LogP contribution in [0, 0.1) is 0 Å². The lowest BCUT2D eigenvalue weighted by atomic mass is 10.1. The van der Waals surface area contributed by atoms with Gasteiger partial charge in [0, 0.05) is 10.6 Å². The summed E-state index contributed by atoms with van der Waals surface area (Å²) < 4.78 is 11.6. The lowest BCUT2D eigenvalue weighted by Crippen LogP contribution is -1.91. The lowest BCUT2D eigenvalue weighted by molar-refractivity contribution is 0.371. The second-order valence-electron chi connectivity index (χ2n) is 3.47. The molecule has 1 aromatic rings. The minimum absolute atomic E-state index is 0.0104. The molecule has 0 saturated carbocycles. The van der Waals surface area contributed by atoms with E-state index in [1.54, 1.807) is 0 Å². The molecule has 0 spiro atoms. The minimum atomic E-state index is -3.80. The summed E-state index contributed by atoms with van der Waals surface area (Å²) >= 11 is 3.35. The lowest BCUT2D eigenvalue weighted by Gasteiger charge is -2.03. The maximum absolute atomic E-state index is 10.6. The van der Waals surface area contributed by atoms with Crippen LogP contribution in [0.15, 0.2) is 28.7 Å². The summed E-state index contributed by atoms with van der Waals surface area (Å²) in [4.78, 5) is 17.3. The fraction of sp³-hybridized carbons (Fsp3) is 0.400. The van der Waals surface area contributed by atoms with Crippen LogP contribution < -0.4 is 0 Å². The van der Waals surface area contributed by atoms with Crippen LogP contribution in [-0.4, -0.2) is 15.9 Å². The molecule has 0 radical (unpaired) electrons. The third kappa shape index (κ3) is 6.10. The number of rotatable bonds is 5. The molecule has 0 heterocycles. The molecule has 0 aromatic heterocycles. The molecule has 0 aliphatic rings. The normalized spacial score (nSPS) is 11.7. The Kier molecular flexibility index (Phi) is 5.00. The zero-order chi connectivity index (χ0) is 11.3. The Labute approximate surface area is 97.8 Å². The van der Waals surface area contributed by atoms with E-state index < -0.39 is 7.60 Å². The molecule has 0 aliphatic carbocycles. The first-order valence-corrected chi connectivity index (χ1v) is 7.35. The number of hydrogen-bond acceptors (Lipinski definition) is 1. The van der Waals surface area contributed by atoms with Crippen LogP contribution in [0.2, 0.25) is 0 Å². The number of benzene rings is 1. The van der Waals surface area contributed by atoms with Crippen LogP contribution in [-0.2, 0) is 11.0 Å². The van der Waals surface area contributed by atoms with Gasteiger partial charge in [0.25, 0.3) is 0 Å². The highest BCUT2D eigenvalue weighted by Gasteiger charge is 2.11. The Hall–Kier alpha value is -0.150. The molecule has 0 amide bonds. The second kappa shape index (κ2) is 5.80. The molecular weight excluding hydrogens is 279 g/mol. The summed E-state index contributed by atoms with van der Waals surface area (Å²) in [5.41, 5.74) is 1.20. The van der Waals surface area contributed by atoms with Crippen molar-refractivity contribution in [3.05, 3.63) is 34.3 Å². The van der Waals surface area contributed by atoms with Crippen LogP contribution in [0.25, 0.3) is 0 Å². The topological polar surface area (TPSA) is 57.5 Å². The van der Waals surface area contributed by atoms with Gasteiger partial charge in [-0.25, -0.2) is 0 Å². The molecule has 0 unspecified atom stereocenters. The molecule has 0 bridgehead atoms. The predicted molar refractivity (Wildman–Crippen MR) is 64.0 cm³/mol. The van der Waals surface area contributed by atoms with E-state index in [4.69, 9.17) is 9.79 Å². The van der Waals surface area contributed by atoms with E-state index >= 15 is 0 Å². The monoisotopic (exact) mass is 292 g/mol. The van der Waals surface area contributed by atoms with Gasteiger partial charge >= 0.3 is 7.60 Å². The van der Waals surface area contributed by atoms with E-state index in [2.05, 4.69) is 15.9 Å². The average Bonchev–Trinajstić information content (AvgIpc) is 2.14. The van der Waals surface area contributed by atoms with E-state index in [1.165, 1.54) is 5.56 Å². The highest BCUT2D eigenvalue weighted by Crippen LogP contribution is 2.35. The third-order valence-electron chi connectivity index (χ3n) is 2.08. The van der Waals surface area contributed by atoms with Crippen LogP contribution in [0.5, 0.6) is 0 Å². The number of hydrogen-bond donors (Lipinski definition) is 2. The van der Waals surface area contributed by atoms with Gasteiger partial charge in [-0.3, -0.25) is 4.57 Å². The fourth-order valence-electron chi connectivity index (χ4n) is 1.30. The standard InChI is InChI=1S/C10H14BrO3P/c11-10-6-4-9(5-7-10)3-1-2-8-15(12,13)14/h4-7H,1-3,8H2,(H2,12,13,14). The first-order valence-electron chi connectivity index (χ1n) is 4.76. The van der Waals surface area contributed by atoms with Crippen molar-refractivity contribution in [3.8, 4) is 0 Å². The van der Waals surface area contributed by atoms with E-state index in [1.807, 2.05) is 24.3 Å². The summed E-state index contributed by atoms with van der Waals surface area (Å²) in [6.45, 7) is 0. The van der Waals surface area contributed by atoms with Gasteiger partial charge in [-0.05, 0) is 37.0 Å². The molecule has 5 heteroatoms. The quantitative estimate of drug-likeness (QED) is 0.648. The second-order valence-corrected chi connectivity index (χ2v) is 6.16. The van der Waals surface area contributed by atoms with E-state index in [9.17, 15) is 4.57 Å². The molecule has 0 fully saturated rings. The van der Waals surface area contributed by atoms with E-state index in [0.29, 0.717) is 6.42 Å². The highest BCUT2D eigenvalue weighted by atomic mass is 79.9. The summed E-state index contributed by atoms with van der Waals surface area (Å²) in [6.07, 6.45) is 2.24. The van der Waals surface area contributed by atoms with Gasteiger partial charge in [-0.15, -0.1) is 0 Å². The highest BCUT2D eigenvalue weighted by molar-refractivity contribution is 9.10. The molecule has 0 atom stereocenters. The average molecular weight is 293 g/mol. The van der Waals surface area contributed by atoms with Crippen LogP contribution in [0.3, 0.4) is 0 Å². The molecule has 1 rings (SSSR count). The van der Waals surface area contributed by atoms with Gasteiger partial charge in [0.2, 0.25) is 0 Å². The molecule has 3 nitrogen and oxygen atoms in total. The van der Waals surface area contributed by atoms with Crippen LogP contribution in [0.4, 0.5) is 0 Å². The Morgan fingerprint density at radius 1 is 1.13 bits per heavy atom. The maximum Gasteiger partial charge on any atom is 0.325 e. The van der Waals surface area contributed by atoms with Crippen LogP contribution >= 0.6 is 23.5 Å². The smallest absolute Gasteiger partial charge is 0.324 e. The van der Waals surface area contributed by atoms with Crippen molar-refractivity contribution in [1.29, 1.82) is 0 Å². The summed E-state index contributed by atoms with van der Waals surface area (Å²) in [7, 11) is -3.80. The zero-order valence-electron chi connectivity index (χ0n) is 8.27. The zero-order valence-corrected chi connectivity index (χ0v) is 10.7. The number of aryl methyl sites for hydroxylation is 1. The number of halogens is 1. The van der Waals surface area contributed by atoms with Gasteiger partial charge in [0.05, 0.1) is 0 Å². The first kappa shape index (κ1) is 12.9. The Morgan fingerprint density at radius 2 is 1.73 bits per heavy atom. The van der Waals surface area contributed by atoms with Gasteiger partial charge in [-0.2, -0.15) is 0 Å². The predicted octanol–water partition coefficient (Wildman–Crippen LogP) is 2.95. The summed E-state index contributed by atoms with van der Waals surface area (Å²) in [6, 6.07) is 7.97. The van der Waals surface area contributed by atoms with Crippen molar-refractivity contribution >= 4 is 23.5 Å². The molecule has 2 N–H and O–H groups in total. The van der Waals surface area contributed by atoms with E-state index in [-0.39, 0.29) is 6.16 Å². The van der Waals surface area contributed by atoms with Crippen molar-refractivity contribution in [3.63, 3.8) is 0 Å². The van der Waals surface area contributed by atoms with Crippen molar-refractivity contribution in [2.45, 2.75) is 19.3 Å². The van der Waals surface area contributed by atoms with E-state index in [0.717, 1.165) is 17.3 Å². The fourth-order valence-corrected chi connectivity index (χ4v) is 2.20. The van der Waals surface area contributed by atoms with Gasteiger partial charge in [0.15, 0.2) is 0 Å². The molecular formula is C10H14BrO3P.